The minimum Gasteiger partial charge on any atom is -0.481 e. The molecule has 1 aliphatic carbocycles. The maximum absolute atomic E-state index is 12.1. The van der Waals surface area contributed by atoms with E-state index in [0.29, 0.717) is 25.7 Å². The second kappa shape index (κ2) is 6.73. The number of rotatable bonds is 5. The van der Waals surface area contributed by atoms with Gasteiger partial charge < -0.3 is 14.9 Å². The van der Waals surface area contributed by atoms with Crippen LogP contribution in [0.25, 0.3) is 0 Å². The predicted octanol–water partition coefficient (Wildman–Crippen LogP) is 0.897. The van der Waals surface area contributed by atoms with Crippen LogP contribution in [0.5, 0.6) is 0 Å². The molecule has 0 saturated heterocycles. The molecule has 1 aliphatic rings. The molecular formula is C13H24N2O3. The zero-order valence-corrected chi connectivity index (χ0v) is 11.6. The molecule has 0 aromatic carbocycles. The zero-order chi connectivity index (χ0) is 13.7. The summed E-state index contributed by atoms with van der Waals surface area (Å²) in [5.74, 6) is -0.781. The third-order valence-corrected chi connectivity index (χ3v) is 3.68. The van der Waals surface area contributed by atoms with E-state index in [1.54, 1.807) is 4.90 Å². The van der Waals surface area contributed by atoms with E-state index in [1.807, 2.05) is 26.0 Å². The van der Waals surface area contributed by atoms with Crippen LogP contribution in [0.3, 0.4) is 0 Å². The van der Waals surface area contributed by atoms with Crippen molar-refractivity contribution >= 4 is 11.9 Å². The average Bonchev–Trinajstić information content (AvgIpc) is 2.35. The molecule has 5 heteroatoms. The van der Waals surface area contributed by atoms with E-state index in [9.17, 15) is 9.59 Å². The third kappa shape index (κ3) is 4.29. The van der Waals surface area contributed by atoms with E-state index in [-0.39, 0.29) is 17.7 Å². The van der Waals surface area contributed by atoms with Gasteiger partial charge in [-0.05, 0) is 39.8 Å². The van der Waals surface area contributed by atoms with Crippen LogP contribution in [-0.4, -0.2) is 61.0 Å². The lowest BCUT2D eigenvalue weighted by Gasteiger charge is -2.29. The van der Waals surface area contributed by atoms with Gasteiger partial charge in [0.15, 0.2) is 0 Å². The van der Waals surface area contributed by atoms with Crippen molar-refractivity contribution < 1.29 is 14.7 Å². The monoisotopic (exact) mass is 256 g/mol. The molecule has 1 fully saturated rings. The highest BCUT2D eigenvalue weighted by molar-refractivity contribution is 5.79. The van der Waals surface area contributed by atoms with Crippen molar-refractivity contribution in [3.8, 4) is 0 Å². The van der Waals surface area contributed by atoms with Crippen LogP contribution in [0.1, 0.15) is 25.7 Å². The molecule has 0 aromatic heterocycles. The van der Waals surface area contributed by atoms with Gasteiger partial charge in [0, 0.05) is 26.1 Å². The maximum atomic E-state index is 12.1. The summed E-state index contributed by atoms with van der Waals surface area (Å²) in [5, 5.41) is 8.92. The Labute approximate surface area is 109 Å². The number of hydrogen-bond acceptors (Lipinski definition) is 3. The maximum Gasteiger partial charge on any atom is 0.306 e. The summed E-state index contributed by atoms with van der Waals surface area (Å²) in [4.78, 5) is 26.8. The number of carboxylic acid groups (broad SMARTS) is 1. The molecule has 0 spiro atoms. The molecule has 1 amide bonds. The van der Waals surface area contributed by atoms with Crippen molar-refractivity contribution in [1.82, 2.24) is 9.80 Å². The van der Waals surface area contributed by atoms with Crippen molar-refractivity contribution in [3.63, 3.8) is 0 Å². The minimum atomic E-state index is -0.720. The molecule has 104 valence electrons. The van der Waals surface area contributed by atoms with Gasteiger partial charge in [-0.25, -0.2) is 0 Å². The Morgan fingerprint density at radius 3 is 1.94 bits per heavy atom. The molecule has 1 N–H and O–H groups in total. The fourth-order valence-corrected chi connectivity index (χ4v) is 2.36. The number of carbonyl (C=O) groups is 2. The number of hydrogen-bond donors (Lipinski definition) is 1. The first-order valence-corrected chi connectivity index (χ1v) is 6.54. The number of nitrogens with zero attached hydrogens (tertiary/aromatic N) is 2. The number of aliphatic carboxylic acids is 1. The van der Waals surface area contributed by atoms with Crippen molar-refractivity contribution in [2.45, 2.75) is 25.7 Å². The summed E-state index contributed by atoms with van der Waals surface area (Å²) in [6.07, 6.45) is 2.69. The molecule has 18 heavy (non-hydrogen) atoms. The fraction of sp³-hybridized carbons (Fsp3) is 0.846. The summed E-state index contributed by atoms with van der Waals surface area (Å²) >= 11 is 0. The predicted molar refractivity (Wildman–Crippen MR) is 69.3 cm³/mol. The van der Waals surface area contributed by atoms with Crippen LogP contribution in [0.2, 0.25) is 0 Å². The molecule has 0 radical (unpaired) electrons. The van der Waals surface area contributed by atoms with Gasteiger partial charge in [0.2, 0.25) is 5.91 Å². The molecule has 0 atom stereocenters. The van der Waals surface area contributed by atoms with E-state index in [2.05, 4.69) is 0 Å². The van der Waals surface area contributed by atoms with Crippen molar-refractivity contribution in [3.05, 3.63) is 0 Å². The van der Waals surface area contributed by atoms with Crippen LogP contribution >= 0.6 is 0 Å². The van der Waals surface area contributed by atoms with Gasteiger partial charge in [0.1, 0.15) is 0 Å². The lowest BCUT2D eigenvalue weighted by atomic mass is 9.81. The van der Waals surface area contributed by atoms with Crippen LogP contribution in [0, 0.1) is 11.8 Å². The minimum absolute atomic E-state index is 0.0211. The second-order valence-corrected chi connectivity index (χ2v) is 5.45. The number of carbonyl (C=O) groups excluding carboxylic acids is 1. The fourth-order valence-electron chi connectivity index (χ4n) is 2.36. The van der Waals surface area contributed by atoms with Crippen molar-refractivity contribution in [2.75, 3.05) is 34.2 Å². The highest BCUT2D eigenvalue weighted by Gasteiger charge is 2.30. The SMILES string of the molecule is CN(C)CCN(C)C(=O)C1CCC(C(=O)O)CC1. The molecule has 0 bridgehead atoms. The van der Waals surface area contributed by atoms with Gasteiger partial charge in [-0.15, -0.1) is 0 Å². The van der Waals surface area contributed by atoms with Crippen LogP contribution < -0.4 is 0 Å². The van der Waals surface area contributed by atoms with E-state index >= 15 is 0 Å². The molecule has 0 aromatic rings. The van der Waals surface area contributed by atoms with E-state index in [0.717, 1.165) is 13.1 Å². The first kappa shape index (κ1) is 15.0. The normalized spacial score (nSPS) is 24.0. The summed E-state index contributed by atoms with van der Waals surface area (Å²) in [6.45, 7) is 1.58. The molecular weight excluding hydrogens is 232 g/mol. The van der Waals surface area contributed by atoms with Crippen molar-refractivity contribution in [1.29, 1.82) is 0 Å². The van der Waals surface area contributed by atoms with Gasteiger partial charge in [0.05, 0.1) is 5.92 Å². The van der Waals surface area contributed by atoms with Gasteiger partial charge in [-0.2, -0.15) is 0 Å². The quantitative estimate of drug-likeness (QED) is 0.794. The highest BCUT2D eigenvalue weighted by Crippen LogP contribution is 2.29. The van der Waals surface area contributed by atoms with E-state index < -0.39 is 5.97 Å². The number of carboxylic acids is 1. The van der Waals surface area contributed by atoms with Gasteiger partial charge >= 0.3 is 5.97 Å². The van der Waals surface area contributed by atoms with Gasteiger partial charge in [-0.3, -0.25) is 9.59 Å². The Morgan fingerprint density at radius 1 is 1.00 bits per heavy atom. The van der Waals surface area contributed by atoms with Crippen molar-refractivity contribution in [2.24, 2.45) is 11.8 Å². The van der Waals surface area contributed by atoms with Crippen LogP contribution in [0.4, 0.5) is 0 Å². The lowest BCUT2D eigenvalue weighted by Crippen LogP contribution is -2.39. The van der Waals surface area contributed by atoms with Crippen LogP contribution in [-0.2, 0) is 9.59 Å². The topological polar surface area (TPSA) is 60.9 Å². The molecule has 0 unspecified atom stereocenters. The highest BCUT2D eigenvalue weighted by atomic mass is 16.4. The molecule has 1 rings (SSSR count). The Bertz CT molecular complexity index is 297. The largest absolute Gasteiger partial charge is 0.481 e. The molecule has 5 nitrogen and oxygen atoms in total. The molecule has 1 saturated carbocycles. The second-order valence-electron chi connectivity index (χ2n) is 5.45. The van der Waals surface area contributed by atoms with E-state index in [4.69, 9.17) is 5.11 Å². The summed E-state index contributed by atoms with van der Waals surface area (Å²) in [6, 6.07) is 0. The van der Waals surface area contributed by atoms with Gasteiger partial charge in [-0.1, -0.05) is 0 Å². The summed E-state index contributed by atoms with van der Waals surface area (Å²) in [7, 11) is 5.79. The smallest absolute Gasteiger partial charge is 0.306 e. The standard InChI is InChI=1S/C13H24N2O3/c1-14(2)8-9-15(3)12(16)10-4-6-11(7-5-10)13(17)18/h10-11H,4-9H2,1-3H3,(H,17,18). The first-order valence-electron chi connectivity index (χ1n) is 6.54. The van der Waals surface area contributed by atoms with Crippen LogP contribution in [0.15, 0.2) is 0 Å². The summed E-state index contributed by atoms with van der Waals surface area (Å²) in [5.41, 5.74) is 0. The Balaban J connectivity index is 2.37. The Kier molecular flexibility index (Phi) is 5.59. The lowest BCUT2D eigenvalue weighted by molar-refractivity contribution is -0.145. The van der Waals surface area contributed by atoms with Gasteiger partial charge in [0.25, 0.3) is 0 Å². The first-order chi connectivity index (χ1) is 8.41. The molecule has 0 heterocycles. The Hall–Kier alpha value is -1.10. The molecule has 0 aliphatic heterocycles. The van der Waals surface area contributed by atoms with E-state index in [1.165, 1.54) is 0 Å². The Morgan fingerprint density at radius 2 is 1.50 bits per heavy atom. The average molecular weight is 256 g/mol. The summed E-state index contributed by atoms with van der Waals surface area (Å²) < 4.78 is 0. The third-order valence-electron chi connectivity index (χ3n) is 3.68. The zero-order valence-electron chi connectivity index (χ0n) is 11.6. The number of amides is 1. The number of likely N-dealkylation sites (N-methyl/N-ethyl adjacent to an activating group) is 2.